The molecule has 1 aromatic carbocycles. The number of nitrogens with one attached hydrogen (secondary N) is 3. The van der Waals surface area contributed by atoms with E-state index in [0.29, 0.717) is 12.5 Å². The van der Waals surface area contributed by atoms with Crippen LogP contribution in [0.5, 0.6) is 0 Å². The molecule has 1 amide bonds. The molecule has 0 atom stereocenters. The Bertz CT molecular complexity index is 652. The number of hydrogen-bond acceptors (Lipinski definition) is 4. The third kappa shape index (κ3) is 11.8. The fourth-order valence-electron chi connectivity index (χ4n) is 2.44. The summed E-state index contributed by atoms with van der Waals surface area (Å²) in [6, 6.07) is 8.52. The van der Waals surface area contributed by atoms with Crippen LogP contribution in [0.3, 0.4) is 0 Å². The van der Waals surface area contributed by atoms with Crippen molar-refractivity contribution < 1.29 is 9.53 Å². The van der Waals surface area contributed by atoms with Gasteiger partial charge in [-0.3, -0.25) is 4.99 Å². The minimum Gasteiger partial charge on any atom is -0.444 e. The van der Waals surface area contributed by atoms with Crippen molar-refractivity contribution >= 4 is 41.7 Å². The molecule has 0 bridgehead atoms. The largest absolute Gasteiger partial charge is 0.444 e. The molecule has 7 nitrogen and oxygen atoms in total. The van der Waals surface area contributed by atoms with Crippen LogP contribution in [0, 0.1) is 0 Å². The summed E-state index contributed by atoms with van der Waals surface area (Å²) in [6.45, 7) is 10.7. The van der Waals surface area contributed by atoms with Gasteiger partial charge in [0.25, 0.3) is 0 Å². The third-order valence-corrected chi connectivity index (χ3v) is 3.92. The zero-order valence-electron chi connectivity index (χ0n) is 19.0. The number of amides is 1. The predicted molar refractivity (Wildman–Crippen MR) is 133 cm³/mol. The molecule has 166 valence electrons. The summed E-state index contributed by atoms with van der Waals surface area (Å²) in [7, 11) is 5.80. The molecule has 8 heteroatoms. The van der Waals surface area contributed by atoms with Crippen LogP contribution in [-0.2, 0) is 11.2 Å². The zero-order chi connectivity index (χ0) is 21.4. The van der Waals surface area contributed by atoms with Gasteiger partial charge in [-0.15, -0.1) is 24.0 Å². The molecule has 0 saturated heterocycles. The number of guanidine groups is 1. The summed E-state index contributed by atoms with van der Waals surface area (Å²) in [5.74, 6) is 0.698. The van der Waals surface area contributed by atoms with Crippen molar-refractivity contribution in [1.29, 1.82) is 0 Å². The number of alkyl carbamates (subject to hydrolysis) is 1. The highest BCUT2D eigenvalue weighted by molar-refractivity contribution is 14.0. The zero-order valence-corrected chi connectivity index (χ0v) is 21.4. The second-order valence-corrected chi connectivity index (χ2v) is 8.67. The van der Waals surface area contributed by atoms with E-state index in [9.17, 15) is 4.79 Å². The Morgan fingerprint density at radius 2 is 1.66 bits per heavy atom. The molecule has 0 aliphatic heterocycles. The first kappa shape index (κ1) is 27.3. The number of aliphatic imine (C=N–C) groups is 1. The van der Waals surface area contributed by atoms with E-state index >= 15 is 0 Å². The lowest BCUT2D eigenvalue weighted by Crippen LogP contribution is -2.54. The van der Waals surface area contributed by atoms with Gasteiger partial charge in [-0.2, -0.15) is 0 Å². The summed E-state index contributed by atoms with van der Waals surface area (Å²) in [5.41, 5.74) is 1.45. The molecule has 0 aromatic heterocycles. The first-order valence-electron chi connectivity index (χ1n) is 9.64. The Kier molecular flexibility index (Phi) is 11.4. The topological polar surface area (TPSA) is 78.0 Å². The van der Waals surface area contributed by atoms with E-state index < -0.39 is 17.2 Å². The van der Waals surface area contributed by atoms with Crippen molar-refractivity contribution in [2.45, 2.75) is 52.2 Å². The van der Waals surface area contributed by atoms with Crippen LogP contribution in [0.2, 0.25) is 0 Å². The van der Waals surface area contributed by atoms with Crippen LogP contribution in [-0.4, -0.2) is 57.4 Å². The fraction of sp³-hybridized carbons (Fsp3) is 0.619. The molecule has 0 heterocycles. The Morgan fingerprint density at radius 3 is 2.14 bits per heavy atom. The molecule has 0 spiro atoms. The molecule has 0 unspecified atom stereocenters. The highest BCUT2D eigenvalue weighted by atomic mass is 127. The lowest BCUT2D eigenvalue weighted by atomic mass is 10.1. The van der Waals surface area contributed by atoms with Gasteiger partial charge in [-0.05, 0) is 58.7 Å². The molecule has 0 saturated carbocycles. The number of benzene rings is 1. The molecule has 3 N–H and O–H groups in total. The molecule has 0 fully saturated rings. The molecule has 1 rings (SSSR count). The minimum atomic E-state index is -0.518. The van der Waals surface area contributed by atoms with Gasteiger partial charge in [0.15, 0.2) is 5.96 Å². The van der Waals surface area contributed by atoms with Crippen molar-refractivity contribution in [1.82, 2.24) is 16.0 Å². The Hall–Kier alpha value is -1.71. The average Bonchev–Trinajstić information content (AvgIpc) is 2.56. The summed E-state index contributed by atoms with van der Waals surface area (Å²) in [4.78, 5) is 18.3. The Balaban J connectivity index is 0.00000784. The maximum absolute atomic E-state index is 12.0. The van der Waals surface area contributed by atoms with Crippen molar-refractivity contribution in [2.24, 2.45) is 4.99 Å². The van der Waals surface area contributed by atoms with E-state index in [0.717, 1.165) is 13.0 Å². The smallest absolute Gasteiger partial charge is 0.408 e. The lowest BCUT2D eigenvalue weighted by molar-refractivity contribution is 0.0474. The van der Waals surface area contributed by atoms with E-state index in [-0.39, 0.29) is 24.0 Å². The van der Waals surface area contributed by atoms with Crippen LogP contribution in [0.1, 0.15) is 40.2 Å². The average molecular weight is 519 g/mol. The van der Waals surface area contributed by atoms with Crippen molar-refractivity contribution in [3.8, 4) is 0 Å². The van der Waals surface area contributed by atoms with E-state index in [1.807, 2.05) is 48.7 Å². The predicted octanol–water partition coefficient (Wildman–Crippen LogP) is 3.38. The minimum absolute atomic E-state index is 0. The van der Waals surface area contributed by atoms with Gasteiger partial charge < -0.3 is 25.6 Å². The first-order valence-corrected chi connectivity index (χ1v) is 9.64. The van der Waals surface area contributed by atoms with Crippen LogP contribution in [0.15, 0.2) is 29.3 Å². The van der Waals surface area contributed by atoms with Crippen LogP contribution in [0.4, 0.5) is 10.5 Å². The maximum atomic E-state index is 12.0. The number of anilines is 1. The van der Waals surface area contributed by atoms with Gasteiger partial charge >= 0.3 is 6.09 Å². The highest BCUT2D eigenvalue weighted by Gasteiger charge is 2.24. The van der Waals surface area contributed by atoms with Gasteiger partial charge in [0.05, 0.1) is 5.54 Å². The number of ether oxygens (including phenoxy) is 1. The molecule has 0 aliphatic carbocycles. The van der Waals surface area contributed by atoms with E-state index in [4.69, 9.17) is 4.74 Å². The highest BCUT2D eigenvalue weighted by Crippen LogP contribution is 2.12. The molecule has 0 aliphatic rings. The Labute approximate surface area is 193 Å². The SMILES string of the molecule is CN=C(NCCc1ccc(N(C)C)cc1)NCC(C)(C)NC(=O)OC(C)(C)C.I. The molecule has 1 aromatic rings. The molecular weight excluding hydrogens is 481 g/mol. The van der Waals surface area contributed by atoms with E-state index in [1.54, 1.807) is 7.05 Å². The number of rotatable bonds is 7. The van der Waals surface area contributed by atoms with Gasteiger partial charge in [-0.25, -0.2) is 4.79 Å². The fourth-order valence-corrected chi connectivity index (χ4v) is 2.44. The number of carbonyl (C=O) groups excluding carboxylic acids is 1. The maximum Gasteiger partial charge on any atom is 0.408 e. The van der Waals surface area contributed by atoms with Crippen LogP contribution < -0.4 is 20.9 Å². The van der Waals surface area contributed by atoms with Crippen LogP contribution in [0.25, 0.3) is 0 Å². The second-order valence-electron chi connectivity index (χ2n) is 8.67. The lowest BCUT2D eigenvalue weighted by Gasteiger charge is -2.29. The van der Waals surface area contributed by atoms with Crippen LogP contribution >= 0.6 is 24.0 Å². The number of halogens is 1. The summed E-state index contributed by atoms with van der Waals surface area (Å²) in [5, 5.41) is 9.43. The van der Waals surface area contributed by atoms with Crippen molar-refractivity contribution in [3.63, 3.8) is 0 Å². The van der Waals surface area contributed by atoms with Gasteiger partial charge in [0.2, 0.25) is 0 Å². The second kappa shape index (κ2) is 12.1. The van der Waals surface area contributed by atoms with Gasteiger partial charge in [0, 0.05) is 39.9 Å². The first-order chi connectivity index (χ1) is 12.9. The standard InChI is InChI=1S/C21H37N5O2.HI/c1-20(2,3)28-19(27)25-21(4,5)15-24-18(22-6)23-14-13-16-9-11-17(12-10-16)26(7)8;/h9-12H,13-15H2,1-8H3,(H,25,27)(H2,22,23,24);1H. The van der Waals surface area contributed by atoms with Crippen molar-refractivity contribution in [2.75, 3.05) is 39.1 Å². The normalized spacial score (nSPS) is 11.9. The molecular formula is C21H38IN5O2. The molecule has 0 radical (unpaired) electrons. The summed E-state index contributed by atoms with van der Waals surface area (Å²) < 4.78 is 5.32. The van der Waals surface area contributed by atoms with Gasteiger partial charge in [-0.1, -0.05) is 12.1 Å². The van der Waals surface area contributed by atoms with Gasteiger partial charge in [0.1, 0.15) is 5.60 Å². The van der Waals surface area contributed by atoms with E-state index in [1.165, 1.54) is 11.3 Å². The molecule has 29 heavy (non-hydrogen) atoms. The number of carbonyl (C=O) groups is 1. The van der Waals surface area contributed by atoms with Crippen molar-refractivity contribution in [3.05, 3.63) is 29.8 Å². The quantitative estimate of drug-likeness (QED) is 0.293. The summed E-state index contributed by atoms with van der Waals surface area (Å²) >= 11 is 0. The third-order valence-electron chi connectivity index (χ3n) is 3.92. The monoisotopic (exact) mass is 519 g/mol. The Morgan fingerprint density at radius 1 is 1.07 bits per heavy atom. The number of nitrogens with zero attached hydrogens (tertiary/aromatic N) is 2. The van der Waals surface area contributed by atoms with E-state index in [2.05, 4.69) is 50.1 Å². The number of hydrogen-bond donors (Lipinski definition) is 3. The summed E-state index contributed by atoms with van der Waals surface area (Å²) in [6.07, 6.45) is 0.469.